The smallest absolute Gasteiger partial charge is 0.387 e. The van der Waals surface area contributed by atoms with Crippen molar-refractivity contribution < 1.29 is 27.4 Å². The van der Waals surface area contributed by atoms with Gasteiger partial charge in [0.1, 0.15) is 11.6 Å². The zero-order valence-corrected chi connectivity index (χ0v) is 18.9. The number of rotatable bonds is 6. The number of halogens is 3. The number of aromatic nitrogens is 1. The highest BCUT2D eigenvalue weighted by atomic mass is 32.1. The van der Waals surface area contributed by atoms with Crippen molar-refractivity contribution in [2.24, 2.45) is 4.99 Å². The minimum Gasteiger partial charge on any atom is -0.463 e. The second-order valence-electron chi connectivity index (χ2n) is 7.27. The van der Waals surface area contributed by atoms with Gasteiger partial charge in [0.2, 0.25) is 0 Å². The Bertz CT molecular complexity index is 1440. The number of hydrogen-bond donors (Lipinski definition) is 0. The Morgan fingerprint density at radius 3 is 2.59 bits per heavy atom. The quantitative estimate of drug-likeness (QED) is 0.498. The molecule has 10 heteroatoms. The monoisotopic (exact) mass is 488 g/mol. The minimum atomic E-state index is -3.02. The van der Waals surface area contributed by atoms with Crippen LogP contribution >= 0.6 is 11.3 Å². The summed E-state index contributed by atoms with van der Waals surface area (Å²) < 4.78 is 50.5. The highest BCUT2D eigenvalue weighted by molar-refractivity contribution is 7.07. The van der Waals surface area contributed by atoms with Crippen LogP contribution < -0.4 is 19.6 Å². The van der Waals surface area contributed by atoms with Crippen LogP contribution in [0, 0.1) is 5.82 Å². The van der Waals surface area contributed by atoms with Crippen LogP contribution in [0.25, 0.3) is 6.08 Å². The van der Waals surface area contributed by atoms with Gasteiger partial charge in [0, 0.05) is 5.56 Å². The number of allylic oxidation sites excluding steroid dienone is 1. The first-order valence-corrected chi connectivity index (χ1v) is 11.1. The third-order valence-electron chi connectivity index (χ3n) is 5.12. The predicted octanol–water partition coefficient (Wildman–Crippen LogP) is 3.54. The summed E-state index contributed by atoms with van der Waals surface area (Å²) in [4.78, 5) is 31.0. The molecule has 0 N–H and O–H groups in total. The predicted molar refractivity (Wildman–Crippen MR) is 120 cm³/mol. The molecule has 0 bridgehead atoms. The van der Waals surface area contributed by atoms with Gasteiger partial charge in [-0.15, -0.1) is 0 Å². The first-order valence-electron chi connectivity index (χ1n) is 10.3. The molecule has 1 aliphatic rings. The number of hydrogen-bond acceptors (Lipinski definition) is 6. The number of para-hydroxylation sites is 1. The van der Waals surface area contributed by atoms with Crippen LogP contribution in [0.3, 0.4) is 0 Å². The molecule has 1 aromatic heterocycles. The van der Waals surface area contributed by atoms with E-state index in [1.165, 1.54) is 41.0 Å². The maximum absolute atomic E-state index is 13.6. The largest absolute Gasteiger partial charge is 0.463 e. The van der Waals surface area contributed by atoms with Crippen LogP contribution in [-0.4, -0.2) is 23.8 Å². The Hall–Kier alpha value is -3.66. The highest BCUT2D eigenvalue weighted by Gasteiger charge is 2.33. The molecule has 0 amide bonds. The standard InChI is InChI=1S/C24H19F3N2O4S/c1-3-32-22(31)19-13(2)28-24-29(20(19)14-8-10-16(25)11-9-14)21(30)18(34-24)12-15-6-4-5-7-17(15)33-23(26)27/h4-12,20,23H,3H2,1-2H3/t20-/m0/s1. The van der Waals surface area contributed by atoms with Gasteiger partial charge in [-0.05, 0) is 43.7 Å². The van der Waals surface area contributed by atoms with Gasteiger partial charge in [-0.2, -0.15) is 8.78 Å². The van der Waals surface area contributed by atoms with E-state index in [2.05, 4.69) is 9.73 Å². The second-order valence-corrected chi connectivity index (χ2v) is 8.28. The van der Waals surface area contributed by atoms with Gasteiger partial charge < -0.3 is 9.47 Å². The number of esters is 1. The van der Waals surface area contributed by atoms with Crippen LogP contribution in [0.1, 0.15) is 31.0 Å². The molecule has 34 heavy (non-hydrogen) atoms. The van der Waals surface area contributed by atoms with E-state index in [-0.39, 0.29) is 28.0 Å². The van der Waals surface area contributed by atoms with Crippen molar-refractivity contribution in [2.45, 2.75) is 26.5 Å². The lowest BCUT2D eigenvalue weighted by molar-refractivity contribution is -0.139. The third kappa shape index (κ3) is 4.54. The van der Waals surface area contributed by atoms with Crippen LogP contribution in [0.15, 0.2) is 69.6 Å². The summed E-state index contributed by atoms with van der Waals surface area (Å²) in [5.74, 6) is -1.19. The molecule has 1 aliphatic heterocycles. The number of nitrogens with zero attached hydrogens (tertiary/aromatic N) is 2. The molecular weight excluding hydrogens is 469 g/mol. The fraction of sp³-hybridized carbons (Fsp3) is 0.208. The Labute approximate surface area is 195 Å². The molecular formula is C24H19F3N2O4S. The number of alkyl halides is 2. The zero-order valence-electron chi connectivity index (χ0n) is 18.1. The van der Waals surface area contributed by atoms with Gasteiger partial charge in [0.25, 0.3) is 5.56 Å². The Morgan fingerprint density at radius 1 is 1.21 bits per heavy atom. The van der Waals surface area contributed by atoms with E-state index in [0.717, 1.165) is 11.3 Å². The average molecular weight is 488 g/mol. The molecule has 0 radical (unpaired) electrons. The Kier molecular flexibility index (Phi) is 6.69. The molecule has 0 aliphatic carbocycles. The maximum atomic E-state index is 13.6. The van der Waals surface area contributed by atoms with Crippen molar-refractivity contribution in [3.63, 3.8) is 0 Å². The molecule has 0 saturated heterocycles. The minimum absolute atomic E-state index is 0.0817. The lowest BCUT2D eigenvalue weighted by atomic mass is 9.96. The Morgan fingerprint density at radius 2 is 1.91 bits per heavy atom. The molecule has 176 valence electrons. The van der Waals surface area contributed by atoms with E-state index in [0.29, 0.717) is 16.1 Å². The van der Waals surface area contributed by atoms with Crippen molar-refractivity contribution >= 4 is 23.4 Å². The van der Waals surface area contributed by atoms with Gasteiger partial charge in [-0.1, -0.05) is 41.7 Å². The van der Waals surface area contributed by atoms with Crippen LogP contribution in [-0.2, 0) is 9.53 Å². The second kappa shape index (κ2) is 9.68. The van der Waals surface area contributed by atoms with Crippen LogP contribution in [0.5, 0.6) is 5.75 Å². The summed E-state index contributed by atoms with van der Waals surface area (Å²) in [6.07, 6.45) is 1.44. The topological polar surface area (TPSA) is 69.9 Å². The number of benzene rings is 2. The summed E-state index contributed by atoms with van der Waals surface area (Å²) >= 11 is 1.04. The van der Waals surface area contributed by atoms with Crippen LogP contribution in [0.4, 0.5) is 13.2 Å². The van der Waals surface area contributed by atoms with Crippen molar-refractivity contribution in [3.8, 4) is 5.75 Å². The fourth-order valence-corrected chi connectivity index (χ4v) is 4.73. The molecule has 3 aromatic rings. The molecule has 6 nitrogen and oxygen atoms in total. The Balaban J connectivity index is 1.93. The average Bonchev–Trinajstić information content (AvgIpc) is 3.09. The lowest BCUT2D eigenvalue weighted by Crippen LogP contribution is -2.39. The third-order valence-corrected chi connectivity index (χ3v) is 6.11. The van der Waals surface area contributed by atoms with Gasteiger partial charge in [0.05, 0.1) is 28.5 Å². The van der Waals surface area contributed by atoms with E-state index < -0.39 is 30.0 Å². The number of thiazole rings is 1. The highest BCUT2D eigenvalue weighted by Crippen LogP contribution is 2.31. The molecule has 0 unspecified atom stereocenters. The molecule has 4 rings (SSSR count). The van der Waals surface area contributed by atoms with Gasteiger partial charge in [-0.3, -0.25) is 9.36 Å². The van der Waals surface area contributed by atoms with Crippen molar-refractivity contribution in [3.05, 3.63) is 96.4 Å². The van der Waals surface area contributed by atoms with Crippen molar-refractivity contribution in [2.75, 3.05) is 6.61 Å². The van der Waals surface area contributed by atoms with Crippen molar-refractivity contribution in [1.29, 1.82) is 0 Å². The summed E-state index contributed by atoms with van der Waals surface area (Å²) in [6, 6.07) is 10.6. The van der Waals surface area contributed by atoms with Crippen molar-refractivity contribution in [1.82, 2.24) is 4.57 Å². The summed E-state index contributed by atoms with van der Waals surface area (Å²) in [5, 5.41) is 0. The van der Waals surface area contributed by atoms with E-state index >= 15 is 0 Å². The number of carbonyl (C=O) groups excluding carboxylic acids is 1. The summed E-state index contributed by atoms with van der Waals surface area (Å²) in [5.41, 5.74) is 0.815. The number of ether oxygens (including phenoxy) is 2. The molecule has 1 atom stereocenters. The molecule has 0 saturated carbocycles. The first kappa shape index (κ1) is 23.5. The summed E-state index contributed by atoms with van der Waals surface area (Å²) in [7, 11) is 0. The SMILES string of the molecule is CCOC(=O)C1=C(C)N=c2sc(=Cc3ccccc3OC(F)F)c(=O)n2[C@H]1c1ccc(F)cc1. The first-order chi connectivity index (χ1) is 16.3. The molecule has 0 fully saturated rings. The van der Waals surface area contributed by atoms with Crippen LogP contribution in [0.2, 0.25) is 0 Å². The number of fused-ring (bicyclic) bond motifs is 1. The zero-order chi connectivity index (χ0) is 24.4. The molecule has 0 spiro atoms. The van der Waals surface area contributed by atoms with Gasteiger partial charge in [0.15, 0.2) is 4.80 Å². The summed E-state index contributed by atoms with van der Waals surface area (Å²) in [6.45, 7) is 0.390. The van der Waals surface area contributed by atoms with E-state index in [4.69, 9.17) is 4.74 Å². The van der Waals surface area contributed by atoms with E-state index in [9.17, 15) is 22.8 Å². The van der Waals surface area contributed by atoms with Gasteiger partial charge in [-0.25, -0.2) is 14.2 Å². The van der Waals surface area contributed by atoms with E-state index in [1.807, 2.05) is 0 Å². The lowest BCUT2D eigenvalue weighted by Gasteiger charge is -2.24. The maximum Gasteiger partial charge on any atom is 0.387 e. The fourth-order valence-electron chi connectivity index (χ4n) is 3.70. The molecule has 2 heterocycles. The normalized spacial score (nSPS) is 15.8. The van der Waals surface area contributed by atoms with Gasteiger partial charge >= 0.3 is 12.6 Å². The van der Waals surface area contributed by atoms with E-state index in [1.54, 1.807) is 32.0 Å². The number of carbonyl (C=O) groups is 1. The molecule has 2 aromatic carbocycles.